The molecule has 3 aromatic carbocycles. The number of aromatic nitrogens is 4. The molecule has 0 aliphatic rings. The van der Waals surface area contributed by atoms with Crippen molar-refractivity contribution in [3.05, 3.63) is 118 Å². The number of hydrogen-bond acceptors (Lipinski definition) is 4. The lowest BCUT2D eigenvalue weighted by Crippen LogP contribution is -2.03. The first-order chi connectivity index (χ1) is 17.5. The number of pyridine rings is 1. The van der Waals surface area contributed by atoms with Crippen molar-refractivity contribution in [2.24, 2.45) is 0 Å². The highest BCUT2D eigenvalue weighted by Crippen LogP contribution is 2.35. The molecule has 0 fully saturated rings. The molecule has 0 radical (unpaired) electrons. The van der Waals surface area contributed by atoms with E-state index in [0.29, 0.717) is 32.9 Å². The predicted octanol–water partition coefficient (Wildman–Crippen LogP) is 7.89. The lowest BCUT2D eigenvalue weighted by atomic mass is 10.1. The van der Waals surface area contributed by atoms with Gasteiger partial charge < -0.3 is 4.74 Å². The molecule has 0 N–H and O–H groups in total. The van der Waals surface area contributed by atoms with E-state index in [1.807, 2.05) is 36.4 Å². The summed E-state index contributed by atoms with van der Waals surface area (Å²) in [6, 6.07) is 20.2. The van der Waals surface area contributed by atoms with E-state index >= 15 is 0 Å². The molecule has 0 atom stereocenters. The van der Waals surface area contributed by atoms with Gasteiger partial charge in [0.2, 0.25) is 0 Å². The van der Waals surface area contributed by atoms with E-state index in [4.69, 9.17) is 46.0 Å². The Labute approximate surface area is 222 Å². The standard InChI is InChI=1S/C19H11Cl2FN4O.C8H5Cl/c20-14-4-2-1-3-13(14)16-11-24-25-26(16)17-10-23-8-7-19(17)27-18-6-5-12(22)9-15(18)21;1-2-7-5-3-4-6-8(7)9/h1-11H;1,3-6H. The summed E-state index contributed by atoms with van der Waals surface area (Å²) in [6.45, 7) is 0. The number of rotatable bonds is 4. The van der Waals surface area contributed by atoms with Crippen molar-refractivity contribution >= 4 is 34.8 Å². The molecular weight excluding hydrogens is 522 g/mol. The van der Waals surface area contributed by atoms with Crippen LogP contribution in [0.2, 0.25) is 15.1 Å². The third kappa shape index (κ3) is 5.84. The molecule has 0 unspecified atom stereocenters. The molecule has 36 heavy (non-hydrogen) atoms. The molecule has 0 aliphatic carbocycles. The van der Waals surface area contributed by atoms with Gasteiger partial charge in [-0.2, -0.15) is 0 Å². The molecule has 5 rings (SSSR count). The van der Waals surface area contributed by atoms with E-state index in [9.17, 15) is 4.39 Å². The van der Waals surface area contributed by atoms with Crippen LogP contribution in [0.15, 0.2) is 91.4 Å². The minimum absolute atomic E-state index is 0.155. The molecule has 0 bridgehead atoms. The van der Waals surface area contributed by atoms with Gasteiger partial charge in [0, 0.05) is 23.4 Å². The van der Waals surface area contributed by atoms with Gasteiger partial charge in [0.25, 0.3) is 0 Å². The Kier molecular flexibility index (Phi) is 8.19. The fourth-order valence-corrected chi connectivity index (χ4v) is 3.77. The second kappa shape index (κ2) is 11.7. The third-order valence-electron chi connectivity index (χ3n) is 4.83. The van der Waals surface area contributed by atoms with E-state index in [1.165, 1.54) is 18.2 Å². The summed E-state index contributed by atoms with van der Waals surface area (Å²) in [4.78, 5) is 4.14. The van der Waals surface area contributed by atoms with E-state index in [1.54, 1.807) is 41.5 Å². The zero-order valence-electron chi connectivity index (χ0n) is 18.4. The molecule has 0 amide bonds. The Morgan fingerprint density at radius 1 is 0.833 bits per heavy atom. The van der Waals surface area contributed by atoms with Crippen LogP contribution < -0.4 is 4.74 Å². The number of benzene rings is 3. The van der Waals surface area contributed by atoms with Gasteiger partial charge in [-0.3, -0.25) is 4.98 Å². The molecule has 0 saturated carbocycles. The SMILES string of the molecule is C#Cc1ccccc1Cl.Fc1ccc(Oc2ccncc2-n2nncc2-c2ccccc2Cl)c(Cl)c1. The number of nitrogens with zero attached hydrogens (tertiary/aromatic N) is 4. The van der Waals surface area contributed by atoms with Crippen molar-refractivity contribution in [3.63, 3.8) is 0 Å². The van der Waals surface area contributed by atoms with Gasteiger partial charge in [-0.15, -0.1) is 11.5 Å². The minimum atomic E-state index is -0.445. The van der Waals surface area contributed by atoms with Crippen LogP contribution in [-0.4, -0.2) is 20.0 Å². The molecule has 0 saturated heterocycles. The van der Waals surface area contributed by atoms with Crippen LogP contribution in [0.3, 0.4) is 0 Å². The predicted molar refractivity (Wildman–Crippen MR) is 140 cm³/mol. The zero-order valence-corrected chi connectivity index (χ0v) is 20.7. The second-order valence-electron chi connectivity index (χ2n) is 7.16. The largest absolute Gasteiger partial charge is 0.453 e. The first-order valence-electron chi connectivity index (χ1n) is 10.4. The average molecular weight is 538 g/mol. The average Bonchev–Trinajstić information content (AvgIpc) is 3.36. The third-order valence-corrected chi connectivity index (χ3v) is 5.79. The number of terminal acetylenes is 1. The van der Waals surface area contributed by atoms with Gasteiger partial charge in [0.05, 0.1) is 33.2 Å². The van der Waals surface area contributed by atoms with Gasteiger partial charge in [0.1, 0.15) is 17.3 Å². The fraction of sp³-hybridized carbons (Fsp3) is 0. The number of hydrogen-bond donors (Lipinski definition) is 0. The quantitative estimate of drug-likeness (QED) is 0.219. The Morgan fingerprint density at radius 3 is 2.28 bits per heavy atom. The minimum Gasteiger partial charge on any atom is -0.453 e. The van der Waals surface area contributed by atoms with Crippen molar-refractivity contribution in [3.8, 4) is 40.8 Å². The maximum atomic E-state index is 13.3. The first kappa shape index (κ1) is 25.2. The van der Waals surface area contributed by atoms with Crippen LogP contribution in [0.4, 0.5) is 4.39 Å². The molecule has 2 heterocycles. The number of ether oxygens (including phenoxy) is 1. The highest BCUT2D eigenvalue weighted by atomic mass is 35.5. The van der Waals surface area contributed by atoms with Gasteiger partial charge in [-0.05, 0) is 36.4 Å². The highest BCUT2D eigenvalue weighted by molar-refractivity contribution is 6.33. The van der Waals surface area contributed by atoms with E-state index < -0.39 is 5.82 Å². The number of halogens is 4. The van der Waals surface area contributed by atoms with Gasteiger partial charge in [-0.1, -0.05) is 76.3 Å². The summed E-state index contributed by atoms with van der Waals surface area (Å²) in [6.07, 6.45) is 9.87. The van der Waals surface area contributed by atoms with Gasteiger partial charge in [-0.25, -0.2) is 9.07 Å². The Bertz CT molecular complexity index is 1550. The van der Waals surface area contributed by atoms with Crippen LogP contribution in [0.25, 0.3) is 16.9 Å². The van der Waals surface area contributed by atoms with Crippen molar-refractivity contribution in [1.82, 2.24) is 20.0 Å². The van der Waals surface area contributed by atoms with E-state index in [2.05, 4.69) is 21.2 Å². The molecule has 178 valence electrons. The van der Waals surface area contributed by atoms with Gasteiger partial charge in [0.15, 0.2) is 5.75 Å². The molecule has 0 spiro atoms. The lowest BCUT2D eigenvalue weighted by molar-refractivity contribution is 0.475. The molecular formula is C27H16Cl3FN4O. The summed E-state index contributed by atoms with van der Waals surface area (Å²) >= 11 is 18.1. The lowest BCUT2D eigenvalue weighted by Gasteiger charge is -2.13. The normalized spacial score (nSPS) is 10.2. The second-order valence-corrected chi connectivity index (χ2v) is 8.38. The maximum Gasteiger partial charge on any atom is 0.156 e. The monoisotopic (exact) mass is 536 g/mol. The zero-order chi connectivity index (χ0) is 25.5. The topological polar surface area (TPSA) is 52.8 Å². The highest BCUT2D eigenvalue weighted by Gasteiger charge is 2.16. The van der Waals surface area contributed by atoms with Crippen LogP contribution >= 0.6 is 34.8 Å². The smallest absolute Gasteiger partial charge is 0.156 e. The summed E-state index contributed by atoms with van der Waals surface area (Å²) < 4.78 is 20.7. The van der Waals surface area contributed by atoms with E-state index in [0.717, 1.165) is 11.1 Å². The summed E-state index contributed by atoms with van der Waals surface area (Å²) in [7, 11) is 0. The Hall–Kier alpha value is -3.89. The molecule has 9 heteroatoms. The van der Waals surface area contributed by atoms with E-state index in [-0.39, 0.29) is 5.02 Å². The molecule has 5 nitrogen and oxygen atoms in total. The van der Waals surface area contributed by atoms with Crippen LogP contribution in [0.5, 0.6) is 11.5 Å². The van der Waals surface area contributed by atoms with Crippen molar-refractivity contribution in [2.75, 3.05) is 0 Å². The summed E-state index contributed by atoms with van der Waals surface area (Å²) in [5.74, 6) is 2.76. The van der Waals surface area contributed by atoms with Crippen molar-refractivity contribution in [1.29, 1.82) is 0 Å². The van der Waals surface area contributed by atoms with Crippen LogP contribution in [0, 0.1) is 18.2 Å². The molecule has 0 aliphatic heterocycles. The Balaban J connectivity index is 0.000000286. The Morgan fingerprint density at radius 2 is 1.58 bits per heavy atom. The maximum absolute atomic E-state index is 13.3. The van der Waals surface area contributed by atoms with Gasteiger partial charge >= 0.3 is 0 Å². The van der Waals surface area contributed by atoms with Crippen LogP contribution in [-0.2, 0) is 0 Å². The van der Waals surface area contributed by atoms with Crippen molar-refractivity contribution in [2.45, 2.75) is 0 Å². The van der Waals surface area contributed by atoms with Crippen molar-refractivity contribution < 1.29 is 9.13 Å². The summed E-state index contributed by atoms with van der Waals surface area (Å²) in [5, 5.41) is 9.48. The molecule has 5 aromatic rings. The first-order valence-corrected chi connectivity index (χ1v) is 11.6. The molecule has 2 aromatic heterocycles. The fourth-order valence-electron chi connectivity index (χ4n) is 3.14. The van der Waals surface area contributed by atoms with Crippen LogP contribution in [0.1, 0.15) is 5.56 Å². The summed E-state index contributed by atoms with van der Waals surface area (Å²) in [5.41, 5.74) is 2.71.